The number of allylic oxidation sites excluding steroid dienone is 6. The van der Waals surface area contributed by atoms with Crippen LogP contribution >= 0.6 is 0 Å². The van der Waals surface area contributed by atoms with Crippen LogP contribution in [0.25, 0.3) is 0 Å². The lowest BCUT2D eigenvalue weighted by Crippen LogP contribution is -2.60. The van der Waals surface area contributed by atoms with Crippen LogP contribution in [-0.4, -0.2) is 110 Å². The van der Waals surface area contributed by atoms with E-state index in [1.165, 1.54) is 148 Å². The van der Waals surface area contributed by atoms with E-state index in [0.29, 0.717) is 19.3 Å². The lowest BCUT2D eigenvalue weighted by Gasteiger charge is -2.40. The summed E-state index contributed by atoms with van der Waals surface area (Å²) in [7, 11) is 0. The van der Waals surface area contributed by atoms with Gasteiger partial charge < -0.3 is 50.5 Å². The lowest BCUT2D eigenvalue weighted by molar-refractivity contribution is -0.303. The van der Waals surface area contributed by atoms with E-state index in [0.717, 1.165) is 57.8 Å². The van der Waals surface area contributed by atoms with E-state index in [4.69, 9.17) is 9.47 Å². The highest BCUT2D eigenvalue weighted by molar-refractivity contribution is 5.80. The molecule has 1 saturated heterocycles. The molecule has 11 heteroatoms. The zero-order chi connectivity index (χ0) is 49.7. The molecule has 1 fully saturated rings. The minimum absolute atomic E-state index is 0.244. The summed E-state index contributed by atoms with van der Waals surface area (Å²) in [6.45, 7) is 3.45. The van der Waals surface area contributed by atoms with Gasteiger partial charge in [0.2, 0.25) is 5.91 Å². The first-order valence-corrected chi connectivity index (χ1v) is 28.4. The van der Waals surface area contributed by atoms with Crippen LogP contribution < -0.4 is 5.32 Å². The molecule has 1 rings (SSSR count). The number of hydrogen-bond acceptors (Lipinski definition) is 10. The fourth-order valence-corrected chi connectivity index (χ4v) is 8.98. The van der Waals surface area contributed by atoms with Gasteiger partial charge in [-0.3, -0.25) is 4.79 Å². The second kappa shape index (κ2) is 46.4. The number of carbonyl (C=O) groups is 1. The Balaban J connectivity index is 2.37. The van der Waals surface area contributed by atoms with Gasteiger partial charge in [0.15, 0.2) is 6.29 Å². The Bertz CT molecular complexity index is 1200. The number of hydrogen-bond donors (Lipinski definition) is 8. The normalized spacial score (nSPS) is 20.8. The number of nitrogens with one attached hydrogen (secondary N) is 1. The predicted octanol–water partition coefficient (Wildman–Crippen LogP) is 11.5. The van der Waals surface area contributed by atoms with Crippen LogP contribution in [0.3, 0.4) is 0 Å². The van der Waals surface area contributed by atoms with Gasteiger partial charge in [-0.1, -0.05) is 211 Å². The van der Waals surface area contributed by atoms with Crippen LogP contribution in [0.1, 0.15) is 251 Å². The fraction of sp³-hybridized carbons (Fsp3) is 0.877. The molecule has 1 aliphatic rings. The molecule has 0 bridgehead atoms. The number of aliphatic hydroxyl groups is 7. The molecular weight excluding hydrogens is 859 g/mol. The lowest BCUT2D eigenvalue weighted by atomic mass is 9.98. The maximum atomic E-state index is 13.2. The van der Waals surface area contributed by atoms with Gasteiger partial charge >= 0.3 is 0 Å². The maximum absolute atomic E-state index is 13.2. The first-order valence-electron chi connectivity index (χ1n) is 28.4. The van der Waals surface area contributed by atoms with Gasteiger partial charge in [0.25, 0.3) is 0 Å². The number of unbranched alkanes of at least 4 members (excludes halogenated alkanes) is 30. The average molecular weight is 966 g/mol. The van der Waals surface area contributed by atoms with Gasteiger partial charge in [0, 0.05) is 0 Å². The molecule has 9 unspecified atom stereocenters. The van der Waals surface area contributed by atoms with Gasteiger partial charge in [-0.2, -0.15) is 0 Å². The van der Waals surface area contributed by atoms with Crippen LogP contribution in [0.2, 0.25) is 0 Å². The summed E-state index contributed by atoms with van der Waals surface area (Å²) in [5.41, 5.74) is 0. The second-order valence-electron chi connectivity index (χ2n) is 20.0. The smallest absolute Gasteiger partial charge is 0.249 e. The minimum atomic E-state index is -1.67. The van der Waals surface area contributed by atoms with Crippen molar-refractivity contribution in [3.63, 3.8) is 0 Å². The highest BCUT2D eigenvalue weighted by Crippen LogP contribution is 2.23. The molecule has 0 aliphatic carbocycles. The zero-order valence-corrected chi connectivity index (χ0v) is 43.6. The van der Waals surface area contributed by atoms with Crippen molar-refractivity contribution in [2.24, 2.45) is 0 Å². The zero-order valence-electron chi connectivity index (χ0n) is 43.6. The fourth-order valence-electron chi connectivity index (χ4n) is 8.98. The number of rotatable bonds is 48. The topological polar surface area (TPSA) is 189 Å². The maximum Gasteiger partial charge on any atom is 0.249 e. The van der Waals surface area contributed by atoms with E-state index in [-0.39, 0.29) is 12.8 Å². The third-order valence-corrected chi connectivity index (χ3v) is 13.6. The van der Waals surface area contributed by atoms with Gasteiger partial charge in [0.05, 0.1) is 25.4 Å². The molecule has 9 atom stereocenters. The second-order valence-corrected chi connectivity index (χ2v) is 20.0. The molecule has 0 spiro atoms. The van der Waals surface area contributed by atoms with Crippen molar-refractivity contribution >= 4 is 5.91 Å². The molecule has 400 valence electrons. The molecule has 8 N–H and O–H groups in total. The Labute approximate surface area is 416 Å². The number of ether oxygens (including phenoxy) is 2. The summed E-state index contributed by atoms with van der Waals surface area (Å²) in [5.74, 6) is -0.714. The summed E-state index contributed by atoms with van der Waals surface area (Å²) in [5, 5.41) is 76.0. The third-order valence-electron chi connectivity index (χ3n) is 13.6. The molecule has 0 aromatic rings. The number of aliphatic hydroxyl groups excluding tert-OH is 7. The number of amides is 1. The molecule has 0 saturated carbocycles. The quantitative estimate of drug-likeness (QED) is 0.0215. The molecule has 1 aliphatic heterocycles. The van der Waals surface area contributed by atoms with Crippen molar-refractivity contribution in [2.75, 3.05) is 13.2 Å². The van der Waals surface area contributed by atoms with Gasteiger partial charge in [0.1, 0.15) is 36.6 Å². The van der Waals surface area contributed by atoms with Crippen LogP contribution in [0, 0.1) is 0 Å². The first-order chi connectivity index (χ1) is 33.2. The number of carbonyl (C=O) groups excluding carboxylic acids is 1. The molecule has 11 nitrogen and oxygen atoms in total. The van der Waals surface area contributed by atoms with Crippen molar-refractivity contribution in [3.8, 4) is 0 Å². The summed E-state index contributed by atoms with van der Waals surface area (Å²) in [6.07, 6.45) is 44.8. The van der Waals surface area contributed by atoms with E-state index in [9.17, 15) is 40.5 Å². The van der Waals surface area contributed by atoms with Gasteiger partial charge in [-0.05, 0) is 77.0 Å². The third kappa shape index (κ3) is 34.6. The van der Waals surface area contributed by atoms with E-state index in [2.05, 4.69) is 55.6 Å². The van der Waals surface area contributed by atoms with Crippen molar-refractivity contribution < 1.29 is 50.0 Å². The molecule has 0 radical (unpaired) electrons. The molecule has 68 heavy (non-hydrogen) atoms. The Morgan fingerprint density at radius 1 is 0.500 bits per heavy atom. The summed E-state index contributed by atoms with van der Waals surface area (Å²) in [4.78, 5) is 13.2. The molecular formula is C57H107NO10. The summed E-state index contributed by atoms with van der Waals surface area (Å²) in [6, 6.07) is -1.19. The first kappa shape index (κ1) is 64.3. The standard InChI is InChI=1S/C57H107NO10/c1-3-5-7-9-11-13-15-17-19-21-23-24-25-27-29-31-33-35-37-39-41-43-45-50(61)56(66)58-48(47-67-57-55(65)54(64)53(63)51(46-59)68-57)52(62)49(60)44-42-40-38-36-34-32-30-28-26-22-20-18-16-14-12-10-8-6-4-2/h27-30,36,38,48-55,57,59-65H,3-26,31-35,37,39-47H2,1-2H3,(H,58,66)/b29-27-,30-28+,38-36+. The van der Waals surface area contributed by atoms with E-state index in [1.807, 2.05) is 0 Å². The Hall–Kier alpha value is -1.67. The van der Waals surface area contributed by atoms with E-state index >= 15 is 0 Å². The average Bonchev–Trinajstić information content (AvgIpc) is 3.34. The van der Waals surface area contributed by atoms with Crippen LogP contribution in [0.4, 0.5) is 0 Å². The van der Waals surface area contributed by atoms with E-state index < -0.39 is 74.2 Å². The van der Waals surface area contributed by atoms with Crippen molar-refractivity contribution in [2.45, 2.75) is 306 Å². The van der Waals surface area contributed by atoms with Crippen LogP contribution in [-0.2, 0) is 14.3 Å². The van der Waals surface area contributed by atoms with Crippen LogP contribution in [0.15, 0.2) is 36.5 Å². The van der Waals surface area contributed by atoms with E-state index in [1.54, 1.807) is 0 Å². The SMILES string of the molecule is CCCCCCCCCCCC/C=C/CC/C=C/CCCC(O)C(O)C(COC1OC(CO)C(O)C(O)C1O)NC(=O)C(O)CCCCCCCC/C=C\CCCCCCCCCCCCCC. The molecule has 0 aromatic heterocycles. The molecule has 0 aromatic carbocycles. The van der Waals surface area contributed by atoms with Crippen molar-refractivity contribution in [3.05, 3.63) is 36.5 Å². The highest BCUT2D eigenvalue weighted by atomic mass is 16.7. The van der Waals surface area contributed by atoms with Gasteiger partial charge in [-0.25, -0.2) is 0 Å². The Kier molecular flexibility index (Phi) is 43.9. The summed E-state index contributed by atoms with van der Waals surface area (Å²) >= 11 is 0. The Morgan fingerprint density at radius 2 is 0.882 bits per heavy atom. The summed E-state index contributed by atoms with van der Waals surface area (Å²) < 4.78 is 11.1. The van der Waals surface area contributed by atoms with Crippen molar-refractivity contribution in [1.82, 2.24) is 5.32 Å². The Morgan fingerprint density at radius 3 is 1.31 bits per heavy atom. The molecule has 1 amide bonds. The monoisotopic (exact) mass is 966 g/mol. The predicted molar refractivity (Wildman–Crippen MR) is 279 cm³/mol. The largest absolute Gasteiger partial charge is 0.394 e. The minimum Gasteiger partial charge on any atom is -0.394 e. The highest BCUT2D eigenvalue weighted by Gasteiger charge is 2.44. The van der Waals surface area contributed by atoms with Crippen molar-refractivity contribution in [1.29, 1.82) is 0 Å². The molecule has 1 heterocycles. The van der Waals surface area contributed by atoms with Gasteiger partial charge in [-0.15, -0.1) is 0 Å². The van der Waals surface area contributed by atoms with Crippen LogP contribution in [0.5, 0.6) is 0 Å².